The Labute approximate surface area is 248 Å². The minimum Gasteiger partial charge on any atom is -0.399 e. The van der Waals surface area contributed by atoms with E-state index in [1.54, 1.807) is 0 Å². The third kappa shape index (κ3) is 4.24. The van der Waals surface area contributed by atoms with Crippen molar-refractivity contribution in [2.75, 3.05) is 0 Å². The molecule has 3 unspecified atom stereocenters. The Bertz CT molecular complexity index is 2040. The fraction of sp³-hybridized carbons (Fsp3) is 0.600. The SMILES string of the molecule is [2H]C1=CC([2H])([Si](c2c([2H])c([2H])c([2H])c(B3OC(C)(C)C(C)(C)O3)c2[2H])(C2([2H])C=C([2H])C([2H])([2H])C([2H])([2H])C2([2H])[2H])C2([2H])C=C([2H])C([2H])([2H])C([2H])([2H])C2([2H])[2H])C([2H])([2H])C([2H])([2H])C1([2H])[2H]. The van der Waals surface area contributed by atoms with Gasteiger partial charge in [-0.2, -0.15) is 0 Å². The Morgan fingerprint density at radius 2 is 1.32 bits per heavy atom. The first-order valence-corrected chi connectivity index (χ1v) is 12.7. The lowest BCUT2D eigenvalue weighted by Crippen LogP contribution is -2.59. The van der Waals surface area contributed by atoms with Crippen molar-refractivity contribution in [2.45, 2.75) is 113 Å². The molecule has 2 nitrogen and oxygen atoms in total. The van der Waals surface area contributed by atoms with Crippen molar-refractivity contribution in [3.63, 3.8) is 0 Å². The molecule has 0 spiro atoms. The molecule has 0 saturated carbocycles. The van der Waals surface area contributed by atoms with Gasteiger partial charge in [-0.15, -0.1) is 0 Å². The maximum absolute atomic E-state index is 10.4. The summed E-state index contributed by atoms with van der Waals surface area (Å²) in [7, 11) is -9.77. The normalized spacial score (nSPS) is 64.7. The second-order valence-electron chi connectivity index (χ2n) is 8.86. The van der Waals surface area contributed by atoms with Crippen molar-refractivity contribution in [2.24, 2.45) is 0 Å². The third-order valence-electron chi connectivity index (χ3n) is 6.37. The van der Waals surface area contributed by atoms with Gasteiger partial charge in [0.15, 0.2) is 0 Å². The molecule has 5 rings (SSSR count). The third-order valence-corrected chi connectivity index (χ3v) is 10.6. The van der Waals surface area contributed by atoms with E-state index in [1.165, 1.54) is 27.7 Å². The van der Waals surface area contributed by atoms with Crippen LogP contribution >= 0.6 is 0 Å². The van der Waals surface area contributed by atoms with Crippen molar-refractivity contribution in [1.82, 2.24) is 0 Å². The molecule has 4 aliphatic rings. The van der Waals surface area contributed by atoms with E-state index in [0.717, 1.165) is 0 Å². The van der Waals surface area contributed by atoms with Crippen LogP contribution in [0.5, 0.6) is 0 Å². The van der Waals surface area contributed by atoms with Crippen LogP contribution in [0.15, 0.2) is 60.6 Å². The molecular weight excluding hydrogens is 431 g/mol. The quantitative estimate of drug-likeness (QED) is 0.320. The maximum atomic E-state index is 10.4. The second kappa shape index (κ2) is 9.60. The van der Waals surface area contributed by atoms with Crippen molar-refractivity contribution < 1.29 is 47.7 Å². The molecule has 1 aromatic rings. The monoisotopic (exact) mass is 502 g/mol. The molecule has 0 aromatic heterocycles. The van der Waals surface area contributed by atoms with Gasteiger partial charge in [0.25, 0.3) is 0 Å². The summed E-state index contributed by atoms with van der Waals surface area (Å²) in [6.45, 7) is 5.91. The van der Waals surface area contributed by atoms with Crippen molar-refractivity contribution in [1.29, 1.82) is 0 Å². The average Bonchev–Trinajstić information content (AvgIpc) is 3.31. The summed E-state index contributed by atoms with van der Waals surface area (Å²) in [6, 6.07) is -11.0. The Morgan fingerprint density at radius 3 is 1.79 bits per heavy atom. The second-order valence-corrected chi connectivity index (χ2v) is 12.5. The van der Waals surface area contributed by atoms with Crippen LogP contribution in [-0.4, -0.2) is 26.4 Å². The number of allylic oxidation sites excluding steroid dienone is 6. The highest BCUT2D eigenvalue weighted by Gasteiger charge is 2.54. The van der Waals surface area contributed by atoms with Gasteiger partial charge in [-0.3, -0.25) is 0 Å². The Balaban J connectivity index is 2.36. The Hall–Kier alpha value is -1.36. The zero-order valence-electron chi connectivity index (χ0n) is 47.1. The lowest BCUT2D eigenvalue weighted by molar-refractivity contribution is 0.00578. The van der Waals surface area contributed by atoms with E-state index in [2.05, 4.69) is 0 Å². The van der Waals surface area contributed by atoms with E-state index in [1.807, 2.05) is 0 Å². The lowest BCUT2D eigenvalue weighted by Gasteiger charge is -2.50. The van der Waals surface area contributed by atoms with Gasteiger partial charge < -0.3 is 9.31 Å². The molecule has 0 N–H and O–H groups in total. The van der Waals surface area contributed by atoms with Gasteiger partial charge in [0, 0.05) is 28.8 Å². The Kier molecular flexibility index (Phi) is 2.21. The summed E-state index contributed by atoms with van der Waals surface area (Å²) in [5, 5.41) is -1.73. The van der Waals surface area contributed by atoms with E-state index >= 15 is 0 Å². The molecule has 4 heteroatoms. The van der Waals surface area contributed by atoms with Crippen LogP contribution in [0.1, 0.15) is 123 Å². The highest BCUT2D eigenvalue weighted by atomic mass is 28.3. The van der Waals surface area contributed by atoms with Gasteiger partial charge in [0.1, 0.15) is 8.07 Å². The maximum Gasteiger partial charge on any atom is 0.494 e. The van der Waals surface area contributed by atoms with Crippen molar-refractivity contribution in [3.05, 3.63) is 60.6 Å². The zero-order valence-corrected chi connectivity index (χ0v) is 20.1. The Morgan fingerprint density at radius 1 is 0.853 bits per heavy atom. The van der Waals surface area contributed by atoms with E-state index in [4.69, 9.17) is 32.6 Å². The van der Waals surface area contributed by atoms with Crippen LogP contribution in [0.25, 0.3) is 0 Å². The largest absolute Gasteiger partial charge is 0.494 e. The van der Waals surface area contributed by atoms with Crippen LogP contribution in [0.3, 0.4) is 0 Å². The molecule has 0 radical (unpaired) electrons. The highest BCUT2D eigenvalue weighted by molar-refractivity contribution is 6.96. The minimum atomic E-state index is -7.75. The summed E-state index contributed by atoms with van der Waals surface area (Å²) < 4.78 is 268. The number of hydrogen-bond donors (Lipinski definition) is 0. The molecule has 182 valence electrons. The van der Waals surface area contributed by atoms with E-state index in [0.29, 0.717) is 0 Å². The van der Waals surface area contributed by atoms with Gasteiger partial charge in [-0.1, -0.05) is 65.7 Å². The molecule has 3 atom stereocenters. The summed E-state index contributed by atoms with van der Waals surface area (Å²) in [5.41, 5.74) is -17.2. The molecule has 1 fully saturated rings. The molecule has 0 amide bonds. The molecule has 1 heterocycles. The van der Waals surface area contributed by atoms with Crippen LogP contribution in [0.2, 0.25) is 16.6 Å². The number of rotatable bonds is 5. The predicted octanol–water partition coefficient (Wildman–Crippen LogP) is 6.97. The van der Waals surface area contributed by atoms with Crippen LogP contribution in [0.4, 0.5) is 0 Å². The molecular formula is C30H43BO2Si. The fourth-order valence-electron chi connectivity index (χ4n) is 3.91. The predicted molar refractivity (Wildman–Crippen MR) is 148 cm³/mol. The molecule has 34 heavy (non-hydrogen) atoms. The summed E-state index contributed by atoms with van der Waals surface area (Å²) in [5.74, 6) is 0. The smallest absolute Gasteiger partial charge is 0.399 e. The number of benzene rings is 1. The van der Waals surface area contributed by atoms with Crippen LogP contribution in [-0.2, 0) is 9.31 Å². The molecule has 1 aromatic carbocycles. The average molecular weight is 503 g/mol. The molecule has 1 saturated heterocycles. The van der Waals surface area contributed by atoms with Gasteiger partial charge in [0.2, 0.25) is 0 Å². The van der Waals surface area contributed by atoms with E-state index < -0.39 is 153 Å². The van der Waals surface area contributed by atoms with E-state index in [9.17, 15) is 15.1 Å². The van der Waals surface area contributed by atoms with Gasteiger partial charge >= 0.3 is 7.12 Å². The fourth-order valence-corrected chi connectivity index (χ4v) is 7.77. The van der Waals surface area contributed by atoms with Crippen LogP contribution in [0, 0.1) is 0 Å². The first kappa shape index (κ1) is 7.82. The lowest BCUT2D eigenvalue weighted by atomic mass is 9.79. The number of hydrogen-bond acceptors (Lipinski definition) is 2. The minimum absolute atomic E-state index is 0.128. The van der Waals surface area contributed by atoms with Crippen molar-refractivity contribution in [3.8, 4) is 0 Å². The van der Waals surface area contributed by atoms with Gasteiger partial charge in [0.05, 0.1) is 20.8 Å². The standard InChI is InChI=1S/C30H43BO2Si/c1-29(2)30(3,4)33-31(32-29)24-15-14-22-28(23-24)34(25-16-8-5-9-17-25,26-18-10-6-11-19-26)27-20-12-7-13-21-27/h8,10,12,14-16,18,20,22-23,25-27H,5-7,9,11,13,17,19,21H2,1-4H3/i5D2,6D2,7D2,8D,9D2,10D,11D2,12D,13D2,14D,15D,17D2,19D2,21D2,22D,23D,25D,26D,27D. The molecule has 0 bridgehead atoms. The summed E-state index contributed by atoms with van der Waals surface area (Å²) in [6.07, 6.45) is -38.6. The zero-order chi connectivity index (χ0) is 48.8. The van der Waals surface area contributed by atoms with Gasteiger partial charge in [-0.05, 0) is 107 Å². The van der Waals surface area contributed by atoms with Crippen molar-refractivity contribution >= 4 is 25.8 Å². The summed E-state index contributed by atoms with van der Waals surface area (Å²) >= 11 is 0. The van der Waals surface area contributed by atoms with Gasteiger partial charge in [-0.25, -0.2) is 0 Å². The highest BCUT2D eigenvalue weighted by Crippen LogP contribution is 2.52. The van der Waals surface area contributed by atoms with E-state index in [-0.39, 0.29) is 18.2 Å². The molecule has 3 aliphatic carbocycles. The summed E-state index contributed by atoms with van der Waals surface area (Å²) in [4.78, 5) is 0. The molecule has 1 aliphatic heterocycles. The first-order valence-electron chi connectivity index (χ1n) is 24.7. The topological polar surface area (TPSA) is 18.5 Å². The first-order chi connectivity index (χ1) is 27.1. The van der Waals surface area contributed by atoms with Crippen LogP contribution < -0.4 is 10.6 Å².